The monoisotopic (exact) mass is 382 g/mol. The van der Waals surface area contributed by atoms with E-state index in [9.17, 15) is 18.7 Å². The van der Waals surface area contributed by atoms with Gasteiger partial charge in [0.25, 0.3) is 5.91 Å². The second-order valence-electron chi connectivity index (χ2n) is 7.56. The number of hydrogen-bond acceptors (Lipinski definition) is 5. The molecule has 3 heterocycles. The number of aliphatic hydroxyl groups excluding tert-OH is 1. The van der Waals surface area contributed by atoms with Crippen LogP contribution in [0.5, 0.6) is 0 Å². The van der Waals surface area contributed by atoms with Crippen LogP contribution in [0.15, 0.2) is 12.3 Å². The van der Waals surface area contributed by atoms with Crippen LogP contribution in [0.2, 0.25) is 0 Å². The van der Waals surface area contributed by atoms with Crippen LogP contribution in [0.3, 0.4) is 0 Å². The molecular weight excluding hydrogens is 354 g/mol. The molecule has 1 N–H and O–H groups in total. The second-order valence-corrected chi connectivity index (χ2v) is 7.56. The van der Waals surface area contributed by atoms with Crippen molar-refractivity contribution in [1.29, 1.82) is 0 Å². The Hall–Kier alpha value is -1.64. The molecule has 2 aliphatic rings. The molecule has 0 aromatic carbocycles. The highest BCUT2D eigenvalue weighted by Crippen LogP contribution is 2.28. The van der Waals surface area contributed by atoms with Crippen molar-refractivity contribution in [3.63, 3.8) is 0 Å². The Kier molecular flexibility index (Phi) is 6.73. The molecule has 0 unspecified atom stereocenters. The Morgan fingerprint density at radius 2 is 2.00 bits per heavy atom. The predicted molar refractivity (Wildman–Crippen MR) is 97.3 cm³/mol. The summed E-state index contributed by atoms with van der Waals surface area (Å²) in [6.07, 6.45) is 3.18. The number of rotatable bonds is 5. The molecule has 1 amide bonds. The van der Waals surface area contributed by atoms with E-state index in [4.69, 9.17) is 0 Å². The first-order chi connectivity index (χ1) is 13.0. The van der Waals surface area contributed by atoms with Gasteiger partial charge >= 0.3 is 0 Å². The summed E-state index contributed by atoms with van der Waals surface area (Å²) < 4.78 is 27.0. The first-order valence-electron chi connectivity index (χ1n) is 9.63. The number of halogens is 2. The van der Waals surface area contributed by atoms with Gasteiger partial charge in [-0.15, -0.1) is 0 Å². The van der Waals surface area contributed by atoms with E-state index < -0.39 is 17.5 Å². The number of nitrogens with zero attached hydrogens (tertiary/aromatic N) is 4. The average Bonchev–Trinajstić information content (AvgIpc) is 2.66. The normalized spacial score (nSPS) is 25.0. The number of aliphatic hydroxyl groups is 1. The number of aromatic nitrogens is 1. The van der Waals surface area contributed by atoms with Crippen LogP contribution >= 0.6 is 0 Å². The summed E-state index contributed by atoms with van der Waals surface area (Å²) >= 11 is 0. The standard InChI is InChI=1S/C19H28F2N4O2/c1-23-6-8-24(9-7-23)17-4-5-25(13-14(17)3-2-10-26)19(27)18-16(21)11-15(20)12-22-18/h11-12,14,17,26H,2-10,13H2,1H3/t14-,17+/m1/s1. The Morgan fingerprint density at radius 1 is 1.26 bits per heavy atom. The number of likely N-dealkylation sites (tertiary alicyclic amines) is 1. The molecule has 3 rings (SSSR count). The minimum absolute atomic E-state index is 0.119. The lowest BCUT2D eigenvalue weighted by Gasteiger charge is -2.46. The Morgan fingerprint density at radius 3 is 2.67 bits per heavy atom. The van der Waals surface area contributed by atoms with E-state index in [0.29, 0.717) is 31.6 Å². The predicted octanol–water partition coefficient (Wildman–Crippen LogP) is 1.21. The van der Waals surface area contributed by atoms with E-state index in [1.165, 1.54) is 0 Å². The molecule has 2 saturated heterocycles. The third kappa shape index (κ3) is 4.80. The number of carbonyl (C=O) groups excluding carboxylic acids is 1. The molecule has 1 aromatic rings. The minimum Gasteiger partial charge on any atom is -0.396 e. The Labute approximate surface area is 158 Å². The van der Waals surface area contributed by atoms with Crippen molar-refractivity contribution < 1.29 is 18.7 Å². The number of pyridine rings is 1. The van der Waals surface area contributed by atoms with Gasteiger partial charge in [-0.05, 0) is 32.2 Å². The summed E-state index contributed by atoms with van der Waals surface area (Å²) in [4.78, 5) is 22.8. The van der Waals surface area contributed by atoms with E-state index >= 15 is 0 Å². The van der Waals surface area contributed by atoms with Gasteiger partial charge in [0.1, 0.15) is 5.82 Å². The SMILES string of the molecule is CN1CCN([C@H]2CCN(C(=O)c3ncc(F)cc3F)C[C@H]2CCCO)CC1. The summed E-state index contributed by atoms with van der Waals surface area (Å²) in [5.74, 6) is -1.98. The highest BCUT2D eigenvalue weighted by atomic mass is 19.1. The van der Waals surface area contributed by atoms with E-state index in [1.54, 1.807) is 4.90 Å². The fourth-order valence-electron chi connectivity index (χ4n) is 4.20. The van der Waals surface area contributed by atoms with Crippen molar-refractivity contribution in [1.82, 2.24) is 19.7 Å². The summed E-state index contributed by atoms with van der Waals surface area (Å²) in [5.41, 5.74) is -0.324. The molecule has 2 fully saturated rings. The fraction of sp³-hybridized carbons (Fsp3) is 0.684. The lowest BCUT2D eigenvalue weighted by molar-refractivity contribution is 0.0213. The van der Waals surface area contributed by atoms with Gasteiger partial charge in [0.15, 0.2) is 11.5 Å². The lowest BCUT2D eigenvalue weighted by atomic mass is 9.86. The van der Waals surface area contributed by atoms with E-state index in [0.717, 1.165) is 45.2 Å². The number of piperidine rings is 1. The quantitative estimate of drug-likeness (QED) is 0.830. The molecule has 1 aromatic heterocycles. The zero-order valence-electron chi connectivity index (χ0n) is 15.8. The Bertz CT molecular complexity index is 653. The highest BCUT2D eigenvalue weighted by Gasteiger charge is 2.36. The smallest absolute Gasteiger partial charge is 0.275 e. The molecule has 6 nitrogen and oxygen atoms in total. The first kappa shape index (κ1) is 20.1. The van der Waals surface area contributed by atoms with Crippen LogP contribution in [0.1, 0.15) is 29.8 Å². The maximum atomic E-state index is 14.0. The van der Waals surface area contributed by atoms with Gasteiger partial charge in [-0.25, -0.2) is 13.8 Å². The fourth-order valence-corrected chi connectivity index (χ4v) is 4.20. The molecule has 0 radical (unpaired) electrons. The first-order valence-corrected chi connectivity index (χ1v) is 9.63. The summed E-state index contributed by atoms with van der Waals surface area (Å²) in [7, 11) is 2.12. The van der Waals surface area contributed by atoms with Gasteiger partial charge < -0.3 is 14.9 Å². The highest BCUT2D eigenvalue weighted by molar-refractivity contribution is 5.92. The molecule has 0 spiro atoms. The summed E-state index contributed by atoms with van der Waals surface area (Å²) in [5, 5.41) is 9.25. The number of piperazine rings is 1. The summed E-state index contributed by atoms with van der Waals surface area (Å²) in [6.45, 7) is 5.21. The average molecular weight is 382 g/mol. The maximum Gasteiger partial charge on any atom is 0.275 e. The van der Waals surface area contributed by atoms with Crippen LogP contribution in [0.4, 0.5) is 8.78 Å². The molecule has 27 heavy (non-hydrogen) atoms. The molecule has 150 valence electrons. The van der Waals surface area contributed by atoms with Crippen LogP contribution < -0.4 is 0 Å². The van der Waals surface area contributed by atoms with Gasteiger partial charge in [-0.2, -0.15) is 0 Å². The maximum absolute atomic E-state index is 14.0. The van der Waals surface area contributed by atoms with Crippen molar-refractivity contribution in [2.24, 2.45) is 5.92 Å². The minimum atomic E-state index is -0.923. The van der Waals surface area contributed by atoms with Crippen molar-refractivity contribution >= 4 is 5.91 Å². The molecule has 8 heteroatoms. The third-order valence-electron chi connectivity index (χ3n) is 5.73. The van der Waals surface area contributed by atoms with Crippen molar-refractivity contribution in [2.75, 3.05) is 52.9 Å². The van der Waals surface area contributed by atoms with Crippen molar-refractivity contribution in [3.8, 4) is 0 Å². The van der Waals surface area contributed by atoms with Gasteiger partial charge in [-0.1, -0.05) is 0 Å². The largest absolute Gasteiger partial charge is 0.396 e. The number of hydrogen-bond donors (Lipinski definition) is 1. The molecule has 2 atom stereocenters. The van der Waals surface area contributed by atoms with Crippen LogP contribution in [0, 0.1) is 17.6 Å². The zero-order chi connectivity index (χ0) is 19.4. The number of amides is 1. The molecule has 0 bridgehead atoms. The molecule has 2 aliphatic heterocycles. The van der Waals surface area contributed by atoms with Crippen LogP contribution in [-0.4, -0.2) is 89.7 Å². The number of carbonyl (C=O) groups is 1. The third-order valence-corrected chi connectivity index (χ3v) is 5.73. The van der Waals surface area contributed by atoms with Crippen LogP contribution in [0.25, 0.3) is 0 Å². The van der Waals surface area contributed by atoms with Gasteiger partial charge in [0.05, 0.1) is 6.20 Å². The van der Waals surface area contributed by atoms with Gasteiger partial charge in [-0.3, -0.25) is 9.69 Å². The van der Waals surface area contributed by atoms with Crippen LogP contribution in [-0.2, 0) is 0 Å². The Balaban J connectivity index is 1.70. The molecule has 0 saturated carbocycles. The molecular formula is C19H28F2N4O2. The lowest BCUT2D eigenvalue weighted by Crippen LogP contribution is -2.57. The van der Waals surface area contributed by atoms with Crippen molar-refractivity contribution in [3.05, 3.63) is 29.6 Å². The van der Waals surface area contributed by atoms with Gasteiger partial charge in [0.2, 0.25) is 0 Å². The molecule has 0 aliphatic carbocycles. The van der Waals surface area contributed by atoms with E-state index in [2.05, 4.69) is 21.8 Å². The topological polar surface area (TPSA) is 59.9 Å². The van der Waals surface area contributed by atoms with Gasteiger partial charge in [0, 0.05) is 58.0 Å². The van der Waals surface area contributed by atoms with Crippen molar-refractivity contribution in [2.45, 2.75) is 25.3 Å². The zero-order valence-corrected chi connectivity index (χ0v) is 15.8. The van der Waals surface area contributed by atoms with E-state index in [1.807, 2.05) is 0 Å². The second kappa shape index (κ2) is 9.03. The van der Waals surface area contributed by atoms with E-state index in [-0.39, 0.29) is 18.2 Å². The summed E-state index contributed by atoms with van der Waals surface area (Å²) in [6, 6.07) is 1.06. The number of likely N-dealkylation sites (N-methyl/N-ethyl adjacent to an activating group) is 1.